The molecular weight excluding hydrogens is 144 g/mol. The van der Waals surface area contributed by atoms with Crippen molar-refractivity contribution in [3.63, 3.8) is 0 Å². The van der Waals surface area contributed by atoms with Gasteiger partial charge in [0.15, 0.2) is 0 Å². The van der Waals surface area contributed by atoms with Crippen LogP contribution in [0.2, 0.25) is 0 Å². The first-order chi connectivity index (χ1) is 6.00. The lowest BCUT2D eigenvalue weighted by Crippen LogP contribution is -1.76. The number of rotatable bonds is 0. The Kier molecular flexibility index (Phi) is 5.35. The zero-order valence-electron chi connectivity index (χ0n) is 7.58. The molecule has 1 aliphatic rings. The Morgan fingerprint density at radius 1 is 0.667 bits per heavy atom. The molecule has 1 rings (SSSR count). The predicted octanol–water partition coefficient (Wildman–Crippen LogP) is 3.82. The van der Waals surface area contributed by atoms with E-state index < -0.39 is 0 Å². The Morgan fingerprint density at radius 3 is 2.58 bits per heavy atom. The van der Waals surface area contributed by atoms with E-state index in [4.69, 9.17) is 0 Å². The SMILES string of the molecule is [CH]1/C=C/C=C\C/C=C/CCCC1. The van der Waals surface area contributed by atoms with Crippen LogP contribution in [0.3, 0.4) is 0 Å². The summed E-state index contributed by atoms with van der Waals surface area (Å²) in [6, 6.07) is 0. The van der Waals surface area contributed by atoms with E-state index in [1.165, 1.54) is 25.7 Å². The van der Waals surface area contributed by atoms with Gasteiger partial charge in [-0.05, 0) is 32.1 Å². The summed E-state index contributed by atoms with van der Waals surface area (Å²) in [5.41, 5.74) is 0. The van der Waals surface area contributed by atoms with Crippen molar-refractivity contribution >= 4 is 0 Å². The van der Waals surface area contributed by atoms with Crippen LogP contribution in [0.15, 0.2) is 36.5 Å². The van der Waals surface area contributed by atoms with E-state index in [1.54, 1.807) is 0 Å². The van der Waals surface area contributed by atoms with Crippen LogP contribution in [0, 0.1) is 6.42 Å². The van der Waals surface area contributed by atoms with Gasteiger partial charge in [-0.15, -0.1) is 0 Å². The molecular formula is C12H17. The Labute approximate surface area is 75.7 Å². The summed E-state index contributed by atoms with van der Waals surface area (Å²) < 4.78 is 0. The summed E-state index contributed by atoms with van der Waals surface area (Å²) in [5.74, 6) is 0. The van der Waals surface area contributed by atoms with Crippen LogP contribution >= 0.6 is 0 Å². The lowest BCUT2D eigenvalue weighted by atomic mass is 10.1. The van der Waals surface area contributed by atoms with Gasteiger partial charge >= 0.3 is 0 Å². The molecule has 0 heterocycles. The van der Waals surface area contributed by atoms with Crippen LogP contribution in [0.4, 0.5) is 0 Å². The third-order valence-electron chi connectivity index (χ3n) is 1.92. The fourth-order valence-corrected chi connectivity index (χ4v) is 1.21. The van der Waals surface area contributed by atoms with Crippen molar-refractivity contribution in [1.82, 2.24) is 0 Å². The molecule has 12 heavy (non-hydrogen) atoms. The number of hydrogen-bond acceptors (Lipinski definition) is 0. The lowest BCUT2D eigenvalue weighted by Gasteiger charge is -1.95. The van der Waals surface area contributed by atoms with E-state index in [0.717, 1.165) is 6.42 Å². The molecule has 0 aromatic heterocycles. The summed E-state index contributed by atoms with van der Waals surface area (Å²) >= 11 is 0. The van der Waals surface area contributed by atoms with E-state index >= 15 is 0 Å². The van der Waals surface area contributed by atoms with Crippen LogP contribution in [-0.2, 0) is 0 Å². The fourth-order valence-electron chi connectivity index (χ4n) is 1.21. The van der Waals surface area contributed by atoms with Gasteiger partial charge in [0.1, 0.15) is 0 Å². The van der Waals surface area contributed by atoms with E-state index in [9.17, 15) is 0 Å². The van der Waals surface area contributed by atoms with Crippen molar-refractivity contribution in [2.45, 2.75) is 32.1 Å². The minimum absolute atomic E-state index is 1.07. The topological polar surface area (TPSA) is 0 Å². The molecule has 0 aromatic carbocycles. The third-order valence-corrected chi connectivity index (χ3v) is 1.92. The van der Waals surface area contributed by atoms with Gasteiger partial charge in [-0.25, -0.2) is 0 Å². The first-order valence-corrected chi connectivity index (χ1v) is 4.80. The molecule has 65 valence electrons. The number of hydrogen-bond donors (Lipinski definition) is 0. The van der Waals surface area contributed by atoms with E-state index in [0.29, 0.717) is 0 Å². The minimum Gasteiger partial charge on any atom is -0.0882 e. The van der Waals surface area contributed by atoms with Crippen molar-refractivity contribution < 1.29 is 0 Å². The Balaban J connectivity index is 2.31. The molecule has 0 bridgehead atoms. The van der Waals surface area contributed by atoms with Gasteiger partial charge in [-0.1, -0.05) is 42.9 Å². The standard InChI is InChI=1S/C12H17/c1-2-4-6-8-10-12-11-9-7-5-3-1/h1-5,8,10H,6-7,9,11-12H2/b3-1+,4-2-,10-8+. The monoisotopic (exact) mass is 161 g/mol. The van der Waals surface area contributed by atoms with Gasteiger partial charge < -0.3 is 0 Å². The van der Waals surface area contributed by atoms with Crippen LogP contribution in [0.5, 0.6) is 0 Å². The third kappa shape index (κ3) is 4.95. The summed E-state index contributed by atoms with van der Waals surface area (Å²) in [5, 5.41) is 0. The average molecular weight is 161 g/mol. The van der Waals surface area contributed by atoms with Gasteiger partial charge in [0.05, 0.1) is 0 Å². The maximum absolute atomic E-state index is 2.29. The molecule has 0 atom stereocenters. The minimum atomic E-state index is 1.07. The molecule has 0 saturated heterocycles. The highest BCUT2D eigenvalue weighted by Crippen LogP contribution is 2.05. The molecule has 0 aliphatic heterocycles. The van der Waals surface area contributed by atoms with Crippen molar-refractivity contribution in [1.29, 1.82) is 0 Å². The maximum Gasteiger partial charge on any atom is -0.0166 e. The summed E-state index contributed by atoms with van der Waals surface area (Å²) in [6.07, 6.45) is 21.5. The summed E-state index contributed by atoms with van der Waals surface area (Å²) in [6.45, 7) is 0. The molecule has 1 radical (unpaired) electrons. The van der Waals surface area contributed by atoms with E-state index in [1.807, 2.05) is 0 Å². The molecule has 0 spiro atoms. The zero-order valence-corrected chi connectivity index (χ0v) is 7.58. The van der Waals surface area contributed by atoms with Gasteiger partial charge in [0, 0.05) is 0 Å². The first-order valence-electron chi connectivity index (χ1n) is 4.80. The van der Waals surface area contributed by atoms with Gasteiger partial charge in [-0.3, -0.25) is 0 Å². The molecule has 0 aromatic rings. The van der Waals surface area contributed by atoms with E-state index in [-0.39, 0.29) is 0 Å². The molecule has 0 heteroatoms. The highest BCUT2D eigenvalue weighted by Gasteiger charge is 1.86. The molecule has 1 aliphatic carbocycles. The van der Waals surface area contributed by atoms with Crippen molar-refractivity contribution in [3.05, 3.63) is 42.9 Å². The average Bonchev–Trinajstić information content (AvgIpc) is 2.05. The van der Waals surface area contributed by atoms with Crippen molar-refractivity contribution in [2.75, 3.05) is 0 Å². The largest absolute Gasteiger partial charge is 0.0882 e. The Hall–Kier alpha value is -0.780. The highest BCUT2D eigenvalue weighted by atomic mass is 13.9. The van der Waals surface area contributed by atoms with Crippen molar-refractivity contribution in [2.24, 2.45) is 0 Å². The van der Waals surface area contributed by atoms with Gasteiger partial charge in [0.25, 0.3) is 0 Å². The van der Waals surface area contributed by atoms with Crippen LogP contribution in [0.1, 0.15) is 32.1 Å². The lowest BCUT2D eigenvalue weighted by molar-refractivity contribution is 0.746. The second-order valence-corrected chi connectivity index (χ2v) is 3.04. The Morgan fingerprint density at radius 2 is 1.58 bits per heavy atom. The first kappa shape index (κ1) is 9.31. The smallest absolute Gasteiger partial charge is 0.0166 e. The zero-order chi connectivity index (χ0) is 8.49. The fraction of sp³-hybridized carbons (Fsp3) is 0.417. The quantitative estimate of drug-likeness (QED) is 0.474. The van der Waals surface area contributed by atoms with Gasteiger partial charge in [0.2, 0.25) is 0 Å². The van der Waals surface area contributed by atoms with Crippen LogP contribution in [-0.4, -0.2) is 0 Å². The molecule has 0 unspecified atom stereocenters. The number of allylic oxidation sites excluding steroid dienone is 6. The second-order valence-electron chi connectivity index (χ2n) is 3.04. The van der Waals surface area contributed by atoms with Crippen LogP contribution < -0.4 is 0 Å². The second kappa shape index (κ2) is 6.90. The van der Waals surface area contributed by atoms with E-state index in [2.05, 4.69) is 42.9 Å². The molecule has 0 saturated carbocycles. The molecule has 0 amide bonds. The maximum atomic E-state index is 2.29. The molecule has 0 nitrogen and oxygen atoms in total. The van der Waals surface area contributed by atoms with Crippen LogP contribution in [0.25, 0.3) is 0 Å². The predicted molar refractivity (Wildman–Crippen MR) is 54.8 cm³/mol. The van der Waals surface area contributed by atoms with Gasteiger partial charge in [-0.2, -0.15) is 0 Å². The highest BCUT2D eigenvalue weighted by molar-refractivity contribution is 5.09. The summed E-state index contributed by atoms with van der Waals surface area (Å²) in [7, 11) is 0. The molecule has 0 fully saturated rings. The molecule has 0 N–H and O–H groups in total. The Bertz CT molecular complexity index is 172. The van der Waals surface area contributed by atoms with Crippen molar-refractivity contribution in [3.8, 4) is 0 Å². The summed E-state index contributed by atoms with van der Waals surface area (Å²) in [4.78, 5) is 0. The normalized spacial score (nSPS) is 28.0.